The van der Waals surface area contributed by atoms with Gasteiger partial charge in [0.05, 0.1) is 24.5 Å². The molecule has 0 fully saturated rings. The highest BCUT2D eigenvalue weighted by atomic mass is 16.3. The number of ketones is 1. The number of aromatic nitrogens is 3. The summed E-state index contributed by atoms with van der Waals surface area (Å²) in [6, 6.07) is 11.1. The highest BCUT2D eigenvalue weighted by molar-refractivity contribution is 5.94. The number of rotatable bonds is 6. The van der Waals surface area contributed by atoms with Gasteiger partial charge in [-0.2, -0.15) is 0 Å². The van der Waals surface area contributed by atoms with Gasteiger partial charge >= 0.3 is 0 Å². The predicted molar refractivity (Wildman–Crippen MR) is 93.2 cm³/mol. The Labute approximate surface area is 140 Å². The van der Waals surface area contributed by atoms with Gasteiger partial charge in [0.1, 0.15) is 5.82 Å². The number of fused-ring (bicyclic) bond motifs is 1. The number of nitrogens with zero attached hydrogens (tertiary/aromatic N) is 3. The highest BCUT2D eigenvalue weighted by Gasteiger charge is 2.10. The van der Waals surface area contributed by atoms with Crippen molar-refractivity contribution in [1.29, 1.82) is 0 Å². The van der Waals surface area contributed by atoms with Gasteiger partial charge < -0.3 is 10.4 Å². The summed E-state index contributed by atoms with van der Waals surface area (Å²) in [5, 5.41) is 17.1. The Morgan fingerprint density at radius 2 is 2.00 bits per heavy atom. The van der Waals surface area contributed by atoms with Crippen molar-refractivity contribution >= 4 is 17.2 Å². The molecule has 3 rings (SSSR count). The topological polar surface area (TPSA) is 79.5 Å². The molecular formula is C18H20N4O2. The van der Waals surface area contributed by atoms with E-state index in [4.69, 9.17) is 0 Å². The minimum absolute atomic E-state index is 0.0308. The molecule has 3 aromatic rings. The van der Waals surface area contributed by atoms with Crippen LogP contribution in [0.2, 0.25) is 0 Å². The summed E-state index contributed by atoms with van der Waals surface area (Å²) in [6.07, 6.45) is 2.57. The lowest BCUT2D eigenvalue weighted by Crippen LogP contribution is -2.23. The Morgan fingerprint density at radius 3 is 2.62 bits per heavy atom. The van der Waals surface area contributed by atoms with E-state index < -0.39 is 0 Å². The first kappa shape index (κ1) is 16.1. The predicted octanol–water partition coefficient (Wildman–Crippen LogP) is 2.78. The summed E-state index contributed by atoms with van der Waals surface area (Å²) in [4.78, 5) is 15.8. The largest absolute Gasteiger partial charge is 0.394 e. The smallest absolute Gasteiger partial charge is 0.159 e. The maximum absolute atomic E-state index is 11.4. The molecule has 0 saturated carbocycles. The van der Waals surface area contributed by atoms with Gasteiger partial charge in [0.25, 0.3) is 0 Å². The minimum atomic E-state index is -0.0308. The zero-order valence-electron chi connectivity index (χ0n) is 13.7. The molecule has 0 aliphatic heterocycles. The zero-order valence-corrected chi connectivity index (χ0v) is 13.7. The molecule has 0 bridgehead atoms. The van der Waals surface area contributed by atoms with Gasteiger partial charge in [-0.1, -0.05) is 31.2 Å². The summed E-state index contributed by atoms with van der Waals surface area (Å²) in [6.45, 7) is 3.61. The van der Waals surface area contributed by atoms with Gasteiger partial charge in [-0.05, 0) is 25.5 Å². The summed E-state index contributed by atoms with van der Waals surface area (Å²) >= 11 is 0. The zero-order chi connectivity index (χ0) is 17.1. The molecule has 0 aliphatic carbocycles. The minimum Gasteiger partial charge on any atom is -0.394 e. The first-order chi connectivity index (χ1) is 11.6. The third kappa shape index (κ3) is 3.14. The Kier molecular flexibility index (Phi) is 4.57. The number of hydrogen-bond acceptors (Lipinski definition) is 5. The molecule has 1 aromatic carbocycles. The SMILES string of the molecule is CCC(CO)Nc1ccc2ncc(-c3ccc(C(C)=O)cc3)n2n1. The average Bonchev–Trinajstić information content (AvgIpc) is 3.03. The molecular weight excluding hydrogens is 304 g/mol. The van der Waals surface area contributed by atoms with E-state index >= 15 is 0 Å². The molecule has 2 heterocycles. The van der Waals surface area contributed by atoms with Crippen LogP contribution >= 0.6 is 0 Å². The van der Waals surface area contributed by atoms with E-state index in [0.717, 1.165) is 23.3 Å². The van der Waals surface area contributed by atoms with E-state index in [0.29, 0.717) is 11.4 Å². The lowest BCUT2D eigenvalue weighted by atomic mass is 10.1. The van der Waals surface area contributed by atoms with Crippen molar-refractivity contribution < 1.29 is 9.90 Å². The molecule has 2 aromatic heterocycles. The van der Waals surface area contributed by atoms with Crippen molar-refractivity contribution in [1.82, 2.24) is 14.6 Å². The number of aliphatic hydroxyl groups is 1. The molecule has 24 heavy (non-hydrogen) atoms. The Morgan fingerprint density at radius 1 is 1.25 bits per heavy atom. The summed E-state index contributed by atoms with van der Waals surface area (Å²) in [5.41, 5.74) is 3.20. The highest BCUT2D eigenvalue weighted by Crippen LogP contribution is 2.21. The van der Waals surface area contributed by atoms with Crippen LogP contribution in [0, 0.1) is 0 Å². The lowest BCUT2D eigenvalue weighted by Gasteiger charge is -2.14. The van der Waals surface area contributed by atoms with E-state index in [2.05, 4.69) is 15.4 Å². The van der Waals surface area contributed by atoms with Crippen LogP contribution in [0.25, 0.3) is 16.9 Å². The molecule has 2 N–H and O–H groups in total. The van der Waals surface area contributed by atoms with Crippen molar-refractivity contribution in [2.45, 2.75) is 26.3 Å². The molecule has 6 nitrogen and oxygen atoms in total. The fourth-order valence-electron chi connectivity index (χ4n) is 2.51. The number of carbonyl (C=O) groups is 1. The fourth-order valence-corrected chi connectivity index (χ4v) is 2.51. The Bertz CT molecular complexity index is 851. The molecule has 1 atom stereocenters. The van der Waals surface area contributed by atoms with E-state index in [-0.39, 0.29) is 18.4 Å². The van der Waals surface area contributed by atoms with Crippen LogP contribution in [-0.4, -0.2) is 38.1 Å². The maximum atomic E-state index is 11.4. The lowest BCUT2D eigenvalue weighted by molar-refractivity contribution is 0.101. The van der Waals surface area contributed by atoms with E-state index in [9.17, 15) is 9.90 Å². The van der Waals surface area contributed by atoms with Crippen LogP contribution < -0.4 is 5.32 Å². The molecule has 124 valence electrons. The van der Waals surface area contributed by atoms with Crippen LogP contribution in [0.4, 0.5) is 5.82 Å². The standard InChI is InChI=1S/C18H20N4O2/c1-3-15(11-23)20-17-8-9-18-19-10-16(22(18)21-17)14-6-4-13(5-7-14)12(2)24/h4-10,15,23H,3,11H2,1-2H3,(H,20,21). The molecule has 1 unspecified atom stereocenters. The van der Waals surface area contributed by atoms with E-state index in [1.165, 1.54) is 0 Å². The summed E-state index contributed by atoms with van der Waals surface area (Å²) in [5.74, 6) is 0.724. The van der Waals surface area contributed by atoms with Crippen molar-refractivity contribution in [3.63, 3.8) is 0 Å². The summed E-state index contributed by atoms with van der Waals surface area (Å²) in [7, 11) is 0. The molecule has 0 aliphatic rings. The first-order valence-electron chi connectivity index (χ1n) is 7.96. The van der Waals surface area contributed by atoms with E-state index in [1.54, 1.807) is 29.8 Å². The van der Waals surface area contributed by atoms with Crippen LogP contribution in [0.3, 0.4) is 0 Å². The van der Waals surface area contributed by atoms with Crippen LogP contribution in [0.15, 0.2) is 42.6 Å². The van der Waals surface area contributed by atoms with Crippen LogP contribution in [0.1, 0.15) is 30.6 Å². The monoisotopic (exact) mass is 324 g/mol. The number of anilines is 1. The number of benzene rings is 1. The van der Waals surface area contributed by atoms with Gasteiger partial charge in [-0.3, -0.25) is 4.79 Å². The molecule has 0 spiro atoms. The number of Topliss-reactive ketones (excluding diaryl/α,β-unsaturated/α-hetero) is 1. The molecule has 0 radical (unpaired) electrons. The number of carbonyl (C=O) groups excluding carboxylic acids is 1. The van der Waals surface area contributed by atoms with Gasteiger partial charge in [0.2, 0.25) is 0 Å². The second-order valence-electron chi connectivity index (χ2n) is 5.70. The molecule has 0 amide bonds. The van der Waals surface area contributed by atoms with Crippen LogP contribution in [-0.2, 0) is 0 Å². The third-order valence-electron chi connectivity index (χ3n) is 4.01. The average molecular weight is 324 g/mol. The third-order valence-corrected chi connectivity index (χ3v) is 4.01. The van der Waals surface area contributed by atoms with Gasteiger partial charge in [0, 0.05) is 11.1 Å². The van der Waals surface area contributed by atoms with Crippen molar-refractivity contribution in [3.8, 4) is 11.3 Å². The number of hydrogen-bond donors (Lipinski definition) is 2. The number of imidazole rings is 1. The second-order valence-corrected chi connectivity index (χ2v) is 5.70. The van der Waals surface area contributed by atoms with E-state index in [1.807, 2.05) is 31.2 Å². The number of aliphatic hydroxyl groups excluding tert-OH is 1. The molecule has 0 saturated heterocycles. The van der Waals surface area contributed by atoms with Crippen molar-refractivity contribution in [3.05, 3.63) is 48.2 Å². The second kappa shape index (κ2) is 6.80. The van der Waals surface area contributed by atoms with Crippen LogP contribution in [0.5, 0.6) is 0 Å². The van der Waals surface area contributed by atoms with Gasteiger partial charge in [0.15, 0.2) is 11.4 Å². The number of nitrogens with one attached hydrogen (secondary N) is 1. The fraction of sp³-hybridized carbons (Fsp3) is 0.278. The summed E-state index contributed by atoms with van der Waals surface area (Å²) < 4.78 is 1.76. The molecule has 6 heteroatoms. The van der Waals surface area contributed by atoms with Gasteiger partial charge in [-0.25, -0.2) is 9.50 Å². The maximum Gasteiger partial charge on any atom is 0.159 e. The van der Waals surface area contributed by atoms with Gasteiger partial charge in [-0.15, -0.1) is 5.10 Å². The van der Waals surface area contributed by atoms with Crippen molar-refractivity contribution in [2.24, 2.45) is 0 Å². The normalized spacial score (nSPS) is 12.3. The van der Waals surface area contributed by atoms with Crippen molar-refractivity contribution in [2.75, 3.05) is 11.9 Å². The first-order valence-corrected chi connectivity index (χ1v) is 7.96. The quantitative estimate of drug-likeness (QED) is 0.682. The Hall–Kier alpha value is -2.73. The Balaban J connectivity index is 1.97.